The molecule has 2 unspecified atom stereocenters. The van der Waals surface area contributed by atoms with Crippen LogP contribution in [0.1, 0.15) is 64.4 Å². The van der Waals surface area contributed by atoms with Crippen LogP contribution < -0.4 is 4.74 Å². The van der Waals surface area contributed by atoms with E-state index in [0.29, 0.717) is 6.61 Å². The molecule has 0 aliphatic heterocycles. The number of benzene rings is 1. The molecule has 0 saturated heterocycles. The number of rotatable bonds is 5. The molecule has 1 aromatic carbocycles. The van der Waals surface area contributed by atoms with Crippen molar-refractivity contribution in [1.29, 1.82) is 0 Å². The predicted octanol–water partition coefficient (Wildman–Crippen LogP) is 4.65. The fourth-order valence-corrected chi connectivity index (χ4v) is 3.26. The molecule has 1 fully saturated rings. The van der Waals surface area contributed by atoms with Crippen molar-refractivity contribution in [2.24, 2.45) is 5.92 Å². The Hall–Kier alpha value is -1.02. The molecule has 2 nitrogen and oxygen atoms in total. The number of aliphatic hydroxyl groups is 1. The second-order valence-corrected chi connectivity index (χ2v) is 6.08. The smallest absolute Gasteiger partial charge is 0.125 e. The van der Waals surface area contributed by atoms with Crippen LogP contribution in [0.3, 0.4) is 0 Å². The van der Waals surface area contributed by atoms with Crippen LogP contribution >= 0.6 is 0 Å². The van der Waals surface area contributed by atoms with Gasteiger partial charge in [0.05, 0.1) is 12.2 Å². The van der Waals surface area contributed by atoms with Crippen LogP contribution in [0.4, 0.5) is 0 Å². The summed E-state index contributed by atoms with van der Waals surface area (Å²) in [5.41, 5.74) is 0.291. The highest BCUT2D eigenvalue weighted by Crippen LogP contribution is 2.42. The van der Waals surface area contributed by atoms with Crippen LogP contribution in [0.15, 0.2) is 24.3 Å². The number of para-hydroxylation sites is 1. The van der Waals surface area contributed by atoms with Gasteiger partial charge in [0.15, 0.2) is 0 Å². The van der Waals surface area contributed by atoms with E-state index in [0.717, 1.165) is 49.3 Å². The molecule has 112 valence electrons. The van der Waals surface area contributed by atoms with Crippen LogP contribution in [0.5, 0.6) is 5.75 Å². The van der Waals surface area contributed by atoms with Gasteiger partial charge in [-0.2, -0.15) is 0 Å². The predicted molar refractivity (Wildman–Crippen MR) is 83.0 cm³/mol. The molecule has 1 aliphatic rings. The van der Waals surface area contributed by atoms with E-state index in [1.807, 2.05) is 24.3 Å². The van der Waals surface area contributed by atoms with Crippen LogP contribution in [0.2, 0.25) is 0 Å². The van der Waals surface area contributed by atoms with Gasteiger partial charge in [-0.15, -0.1) is 0 Å². The summed E-state index contributed by atoms with van der Waals surface area (Å²) in [4.78, 5) is 0. The van der Waals surface area contributed by atoms with Gasteiger partial charge in [0.25, 0.3) is 0 Å². The Kier molecular flexibility index (Phi) is 5.47. The maximum Gasteiger partial charge on any atom is 0.125 e. The lowest BCUT2D eigenvalue weighted by atomic mass is 9.85. The van der Waals surface area contributed by atoms with Gasteiger partial charge in [0.2, 0.25) is 0 Å². The maximum atomic E-state index is 11.1. The van der Waals surface area contributed by atoms with Gasteiger partial charge in [-0.25, -0.2) is 0 Å². The van der Waals surface area contributed by atoms with Crippen LogP contribution in [0, 0.1) is 5.92 Å². The Bertz CT molecular complexity index is 416. The fraction of sp³-hybridized carbons (Fsp3) is 0.667. The first-order chi connectivity index (χ1) is 9.69. The lowest BCUT2D eigenvalue weighted by Crippen LogP contribution is -2.25. The SMILES string of the molecule is CCCOc1ccccc1C1(O)CCCC(CC)CC1. The lowest BCUT2D eigenvalue weighted by molar-refractivity contribution is 0.0168. The highest BCUT2D eigenvalue weighted by molar-refractivity contribution is 5.38. The minimum Gasteiger partial charge on any atom is -0.493 e. The van der Waals surface area contributed by atoms with Gasteiger partial charge < -0.3 is 9.84 Å². The third kappa shape index (κ3) is 3.54. The van der Waals surface area contributed by atoms with Crippen molar-refractivity contribution in [3.63, 3.8) is 0 Å². The molecule has 0 bridgehead atoms. The summed E-state index contributed by atoms with van der Waals surface area (Å²) in [6.45, 7) is 5.08. The van der Waals surface area contributed by atoms with Gasteiger partial charge in [-0.05, 0) is 44.1 Å². The lowest BCUT2D eigenvalue weighted by Gasteiger charge is -2.29. The highest BCUT2D eigenvalue weighted by Gasteiger charge is 2.34. The molecular weight excluding hydrogens is 248 g/mol. The average molecular weight is 276 g/mol. The topological polar surface area (TPSA) is 29.5 Å². The summed E-state index contributed by atoms with van der Waals surface area (Å²) in [6, 6.07) is 8.03. The van der Waals surface area contributed by atoms with E-state index in [4.69, 9.17) is 4.74 Å². The Balaban J connectivity index is 2.20. The van der Waals surface area contributed by atoms with Crippen LogP contribution in [0.25, 0.3) is 0 Å². The molecule has 1 N–H and O–H groups in total. The van der Waals surface area contributed by atoms with E-state index in [2.05, 4.69) is 13.8 Å². The average Bonchev–Trinajstić information content (AvgIpc) is 2.68. The summed E-state index contributed by atoms with van der Waals surface area (Å²) in [5.74, 6) is 1.64. The molecule has 0 amide bonds. The van der Waals surface area contributed by atoms with Crippen molar-refractivity contribution in [2.45, 2.75) is 64.4 Å². The normalized spacial score (nSPS) is 27.1. The zero-order chi connectivity index (χ0) is 14.4. The highest BCUT2D eigenvalue weighted by atomic mass is 16.5. The van der Waals surface area contributed by atoms with Crippen molar-refractivity contribution in [3.8, 4) is 5.75 Å². The van der Waals surface area contributed by atoms with Crippen molar-refractivity contribution < 1.29 is 9.84 Å². The second-order valence-electron chi connectivity index (χ2n) is 6.08. The van der Waals surface area contributed by atoms with Gasteiger partial charge in [0.1, 0.15) is 5.75 Å². The Morgan fingerprint density at radius 1 is 1.20 bits per heavy atom. The summed E-state index contributed by atoms with van der Waals surface area (Å²) < 4.78 is 5.84. The molecule has 2 rings (SSSR count). The molecule has 0 heterocycles. The van der Waals surface area contributed by atoms with Crippen LogP contribution in [-0.2, 0) is 5.60 Å². The van der Waals surface area contributed by atoms with E-state index in [1.165, 1.54) is 12.8 Å². The number of hydrogen-bond donors (Lipinski definition) is 1. The van der Waals surface area contributed by atoms with E-state index in [1.54, 1.807) is 0 Å². The third-order valence-corrected chi connectivity index (χ3v) is 4.60. The van der Waals surface area contributed by atoms with Crippen molar-refractivity contribution >= 4 is 0 Å². The minimum atomic E-state index is -0.700. The molecule has 0 radical (unpaired) electrons. The molecular formula is C18H28O2. The first-order valence-electron chi connectivity index (χ1n) is 8.14. The van der Waals surface area contributed by atoms with E-state index in [-0.39, 0.29) is 0 Å². The largest absolute Gasteiger partial charge is 0.493 e. The molecule has 1 saturated carbocycles. The van der Waals surface area contributed by atoms with Crippen molar-refractivity contribution in [1.82, 2.24) is 0 Å². The molecule has 1 aliphatic carbocycles. The van der Waals surface area contributed by atoms with Gasteiger partial charge in [-0.3, -0.25) is 0 Å². The zero-order valence-electron chi connectivity index (χ0n) is 12.9. The van der Waals surface area contributed by atoms with Gasteiger partial charge in [-0.1, -0.05) is 44.9 Å². The summed E-state index contributed by atoms with van der Waals surface area (Å²) in [7, 11) is 0. The summed E-state index contributed by atoms with van der Waals surface area (Å²) >= 11 is 0. The zero-order valence-corrected chi connectivity index (χ0v) is 12.9. The van der Waals surface area contributed by atoms with Gasteiger partial charge in [0, 0.05) is 5.56 Å². The first-order valence-corrected chi connectivity index (χ1v) is 8.14. The summed E-state index contributed by atoms with van der Waals surface area (Å²) in [5, 5.41) is 11.1. The fourth-order valence-electron chi connectivity index (χ4n) is 3.26. The number of ether oxygens (including phenoxy) is 1. The van der Waals surface area contributed by atoms with Crippen molar-refractivity contribution in [2.75, 3.05) is 6.61 Å². The molecule has 1 aromatic rings. The van der Waals surface area contributed by atoms with E-state index >= 15 is 0 Å². The molecule has 20 heavy (non-hydrogen) atoms. The quantitative estimate of drug-likeness (QED) is 0.793. The standard InChI is InChI=1S/C18H28O2/c1-3-14-20-17-10-6-5-9-16(17)18(19)12-7-8-15(4-2)11-13-18/h5-6,9-10,15,19H,3-4,7-8,11-14H2,1-2H3. The molecule has 0 aromatic heterocycles. The van der Waals surface area contributed by atoms with Crippen LogP contribution in [-0.4, -0.2) is 11.7 Å². The number of hydrogen-bond acceptors (Lipinski definition) is 2. The maximum absolute atomic E-state index is 11.1. The molecule has 2 atom stereocenters. The van der Waals surface area contributed by atoms with Crippen molar-refractivity contribution in [3.05, 3.63) is 29.8 Å². The Morgan fingerprint density at radius 2 is 2.00 bits per heavy atom. The Labute approximate surface area is 123 Å². The monoisotopic (exact) mass is 276 g/mol. The minimum absolute atomic E-state index is 0.700. The second kappa shape index (κ2) is 7.12. The first kappa shape index (κ1) is 15.4. The van der Waals surface area contributed by atoms with Gasteiger partial charge >= 0.3 is 0 Å². The van der Waals surface area contributed by atoms with E-state index < -0.39 is 5.60 Å². The molecule has 0 spiro atoms. The molecule has 2 heteroatoms. The third-order valence-electron chi connectivity index (χ3n) is 4.60. The van der Waals surface area contributed by atoms with E-state index in [9.17, 15) is 5.11 Å². The summed E-state index contributed by atoms with van der Waals surface area (Å²) in [6.07, 6.45) is 7.41. The Morgan fingerprint density at radius 3 is 2.75 bits per heavy atom.